The molecule has 2 saturated heterocycles. The normalized spacial score (nSPS) is 25.0. The highest BCUT2D eigenvalue weighted by molar-refractivity contribution is 6.07. The van der Waals surface area contributed by atoms with E-state index >= 15 is 0 Å². The number of nitrogens with one attached hydrogen (secondary N) is 1. The van der Waals surface area contributed by atoms with Gasteiger partial charge in [-0.25, -0.2) is 14.1 Å². The Labute approximate surface area is 175 Å². The quantitative estimate of drug-likeness (QED) is 0.773. The summed E-state index contributed by atoms with van der Waals surface area (Å²) in [6.07, 6.45) is 1.90. The molecule has 6 nitrogen and oxygen atoms in total. The van der Waals surface area contributed by atoms with Gasteiger partial charge in [-0.05, 0) is 48.6 Å². The number of carbonyl (C=O) groups is 2. The molecule has 2 heterocycles. The Morgan fingerprint density at radius 3 is 2.23 bits per heavy atom. The molecule has 3 amide bonds. The number of rotatable bonds is 5. The third-order valence-electron chi connectivity index (χ3n) is 6.46. The van der Waals surface area contributed by atoms with E-state index in [0.717, 1.165) is 50.3 Å². The molecule has 0 aromatic heterocycles. The van der Waals surface area contributed by atoms with Crippen molar-refractivity contribution in [2.75, 3.05) is 37.7 Å². The summed E-state index contributed by atoms with van der Waals surface area (Å²) >= 11 is 0. The van der Waals surface area contributed by atoms with Crippen LogP contribution in [0.25, 0.3) is 0 Å². The largest absolute Gasteiger partial charge is 0.369 e. The molecule has 2 aromatic rings. The average molecular weight is 408 g/mol. The van der Waals surface area contributed by atoms with Crippen molar-refractivity contribution in [3.8, 4) is 0 Å². The van der Waals surface area contributed by atoms with E-state index in [9.17, 15) is 14.0 Å². The molecule has 7 heteroatoms. The number of halogens is 1. The predicted octanol–water partition coefficient (Wildman–Crippen LogP) is 2.76. The van der Waals surface area contributed by atoms with E-state index in [4.69, 9.17) is 0 Å². The molecule has 0 radical (unpaired) electrons. The molecule has 5 rings (SSSR count). The van der Waals surface area contributed by atoms with Gasteiger partial charge in [0.25, 0.3) is 5.91 Å². The molecule has 0 bridgehead atoms. The second-order valence-electron chi connectivity index (χ2n) is 8.33. The van der Waals surface area contributed by atoms with Gasteiger partial charge < -0.3 is 10.2 Å². The van der Waals surface area contributed by atoms with Crippen LogP contribution in [0.3, 0.4) is 0 Å². The first kappa shape index (κ1) is 19.1. The van der Waals surface area contributed by atoms with Crippen LogP contribution >= 0.6 is 0 Å². The summed E-state index contributed by atoms with van der Waals surface area (Å²) in [5, 5.41) is 3.04. The lowest BCUT2D eigenvalue weighted by atomic mass is 9.85. The molecular weight excluding hydrogens is 383 g/mol. The summed E-state index contributed by atoms with van der Waals surface area (Å²) in [6, 6.07) is 15.8. The number of hydrogen-bond acceptors (Lipinski definition) is 4. The monoisotopic (exact) mass is 408 g/mol. The second kappa shape index (κ2) is 7.40. The number of benzene rings is 2. The maximum Gasteiger partial charge on any atom is 0.326 e. The highest BCUT2D eigenvalue weighted by atomic mass is 19.1. The number of nitrogens with zero attached hydrogens (tertiary/aromatic N) is 3. The van der Waals surface area contributed by atoms with Crippen LogP contribution < -0.4 is 10.2 Å². The Bertz CT molecular complexity index is 939. The van der Waals surface area contributed by atoms with E-state index < -0.39 is 5.54 Å². The molecule has 1 saturated carbocycles. The van der Waals surface area contributed by atoms with Crippen LogP contribution in [-0.4, -0.2) is 54.6 Å². The fourth-order valence-electron chi connectivity index (χ4n) is 4.65. The lowest BCUT2D eigenvalue weighted by Gasteiger charge is -2.37. The standard InChI is InChI=1S/C23H25FN4O2/c24-19-8-10-20(11-9-19)27-14-12-26(13-15-27)16-28-21(29)23(18-6-7-18,25-22(28)30)17-4-2-1-3-5-17/h1-5,8-11,18H,6-7,12-16H2,(H,25,30). The van der Waals surface area contributed by atoms with Crippen molar-refractivity contribution in [2.24, 2.45) is 5.92 Å². The molecule has 2 aliphatic heterocycles. The molecule has 0 spiro atoms. The Hall–Kier alpha value is -2.93. The van der Waals surface area contributed by atoms with Gasteiger partial charge in [-0.1, -0.05) is 30.3 Å². The molecule has 3 aliphatic rings. The lowest BCUT2D eigenvalue weighted by Crippen LogP contribution is -2.52. The van der Waals surface area contributed by atoms with Gasteiger partial charge in [0.1, 0.15) is 11.4 Å². The zero-order valence-electron chi connectivity index (χ0n) is 16.8. The SMILES string of the molecule is O=C1NC(c2ccccc2)(C2CC2)C(=O)N1CN1CCN(c2ccc(F)cc2)CC1. The highest BCUT2D eigenvalue weighted by Crippen LogP contribution is 2.48. The number of imide groups is 1. The van der Waals surface area contributed by atoms with Crippen LogP contribution in [-0.2, 0) is 10.3 Å². The van der Waals surface area contributed by atoms with Crippen LogP contribution in [0.15, 0.2) is 54.6 Å². The summed E-state index contributed by atoms with van der Waals surface area (Å²) < 4.78 is 13.2. The van der Waals surface area contributed by atoms with Crippen LogP contribution in [0.5, 0.6) is 0 Å². The summed E-state index contributed by atoms with van der Waals surface area (Å²) in [5.74, 6) is -0.215. The zero-order valence-corrected chi connectivity index (χ0v) is 16.8. The first-order chi connectivity index (χ1) is 14.6. The lowest BCUT2D eigenvalue weighted by molar-refractivity contribution is -0.134. The van der Waals surface area contributed by atoms with E-state index in [1.807, 2.05) is 30.3 Å². The second-order valence-corrected chi connectivity index (χ2v) is 8.33. The van der Waals surface area contributed by atoms with Crippen molar-refractivity contribution in [3.05, 3.63) is 66.0 Å². The van der Waals surface area contributed by atoms with E-state index in [-0.39, 0.29) is 23.7 Å². The Morgan fingerprint density at radius 2 is 1.60 bits per heavy atom. The smallest absolute Gasteiger partial charge is 0.326 e. The summed E-state index contributed by atoms with van der Waals surface area (Å²) in [4.78, 5) is 32.0. The summed E-state index contributed by atoms with van der Waals surface area (Å²) in [6.45, 7) is 3.29. The third kappa shape index (κ3) is 3.23. The number of hydrogen-bond donors (Lipinski definition) is 1. The highest BCUT2D eigenvalue weighted by Gasteiger charge is 2.60. The number of urea groups is 1. The van der Waals surface area contributed by atoms with E-state index in [1.165, 1.54) is 17.0 Å². The first-order valence-corrected chi connectivity index (χ1v) is 10.5. The number of anilines is 1. The first-order valence-electron chi connectivity index (χ1n) is 10.5. The topological polar surface area (TPSA) is 55.9 Å². The van der Waals surface area contributed by atoms with Crippen LogP contribution in [0.2, 0.25) is 0 Å². The summed E-state index contributed by atoms with van der Waals surface area (Å²) in [5.41, 5.74) is 0.936. The molecule has 1 atom stereocenters. The van der Waals surface area contributed by atoms with Crippen molar-refractivity contribution < 1.29 is 14.0 Å². The van der Waals surface area contributed by atoms with Crippen molar-refractivity contribution >= 4 is 17.6 Å². The van der Waals surface area contributed by atoms with Gasteiger partial charge in [0, 0.05) is 31.9 Å². The predicted molar refractivity (Wildman–Crippen MR) is 111 cm³/mol. The van der Waals surface area contributed by atoms with E-state index in [0.29, 0.717) is 6.67 Å². The van der Waals surface area contributed by atoms with Crippen molar-refractivity contribution in [2.45, 2.75) is 18.4 Å². The molecule has 156 valence electrons. The minimum Gasteiger partial charge on any atom is -0.369 e. The molecule has 1 N–H and O–H groups in total. The van der Waals surface area contributed by atoms with E-state index in [2.05, 4.69) is 15.1 Å². The maximum absolute atomic E-state index is 13.5. The number of amides is 3. The van der Waals surface area contributed by atoms with Gasteiger partial charge in [-0.2, -0.15) is 0 Å². The zero-order chi connectivity index (χ0) is 20.7. The average Bonchev–Trinajstić information content (AvgIpc) is 3.59. The van der Waals surface area contributed by atoms with Crippen molar-refractivity contribution in [1.82, 2.24) is 15.1 Å². The minimum absolute atomic E-state index is 0.137. The Balaban J connectivity index is 1.27. The van der Waals surface area contributed by atoms with Gasteiger partial charge in [0.05, 0.1) is 6.67 Å². The number of piperazine rings is 1. The summed E-state index contributed by atoms with van der Waals surface area (Å²) in [7, 11) is 0. The fraction of sp³-hybridized carbons (Fsp3) is 0.391. The van der Waals surface area contributed by atoms with Crippen LogP contribution in [0.1, 0.15) is 18.4 Å². The van der Waals surface area contributed by atoms with Gasteiger partial charge in [-0.15, -0.1) is 0 Å². The van der Waals surface area contributed by atoms with Gasteiger partial charge in [0.2, 0.25) is 0 Å². The van der Waals surface area contributed by atoms with Crippen molar-refractivity contribution in [3.63, 3.8) is 0 Å². The third-order valence-corrected chi connectivity index (χ3v) is 6.46. The fourth-order valence-corrected chi connectivity index (χ4v) is 4.65. The molecule has 1 aliphatic carbocycles. The Morgan fingerprint density at radius 1 is 0.933 bits per heavy atom. The van der Waals surface area contributed by atoms with Crippen LogP contribution in [0, 0.1) is 11.7 Å². The van der Waals surface area contributed by atoms with Gasteiger partial charge in [-0.3, -0.25) is 9.69 Å². The molecule has 30 heavy (non-hydrogen) atoms. The van der Waals surface area contributed by atoms with Crippen LogP contribution in [0.4, 0.5) is 14.9 Å². The molecule has 1 unspecified atom stereocenters. The van der Waals surface area contributed by atoms with Crippen molar-refractivity contribution in [1.29, 1.82) is 0 Å². The Kier molecular flexibility index (Phi) is 4.70. The van der Waals surface area contributed by atoms with Gasteiger partial charge >= 0.3 is 6.03 Å². The molecule has 2 aromatic carbocycles. The molecule has 3 fully saturated rings. The van der Waals surface area contributed by atoms with Gasteiger partial charge in [0.15, 0.2) is 0 Å². The number of carbonyl (C=O) groups excluding carboxylic acids is 2. The van der Waals surface area contributed by atoms with E-state index in [1.54, 1.807) is 12.1 Å². The molecular formula is C23H25FN4O2. The minimum atomic E-state index is -0.922. The maximum atomic E-state index is 13.5.